The van der Waals surface area contributed by atoms with Crippen molar-refractivity contribution in [2.24, 2.45) is 5.92 Å². The number of hydrogen-bond acceptors (Lipinski definition) is 4. The van der Waals surface area contributed by atoms with Crippen LogP contribution < -0.4 is 15.8 Å². The van der Waals surface area contributed by atoms with Crippen LogP contribution in [0.15, 0.2) is 23.1 Å². The normalized spacial score (nSPS) is 13.3. The highest BCUT2D eigenvalue weighted by Crippen LogP contribution is 2.23. The van der Waals surface area contributed by atoms with Gasteiger partial charge in [-0.1, -0.05) is 20.3 Å². The minimum atomic E-state index is -3.43. The zero-order valence-corrected chi connectivity index (χ0v) is 11.8. The van der Waals surface area contributed by atoms with Gasteiger partial charge in [0, 0.05) is 6.54 Å². The van der Waals surface area contributed by atoms with Crippen LogP contribution in [0.5, 0.6) is 0 Å². The van der Waals surface area contributed by atoms with Crippen LogP contribution >= 0.6 is 0 Å². The molecule has 0 aromatic heterocycles. The maximum absolute atomic E-state index is 11.7. The van der Waals surface area contributed by atoms with Crippen molar-refractivity contribution >= 4 is 21.4 Å². The predicted octanol–water partition coefficient (Wildman–Crippen LogP) is 1.63. The van der Waals surface area contributed by atoms with Gasteiger partial charge in [-0.2, -0.15) is 0 Å². The molecule has 0 heterocycles. The average Bonchev–Trinajstić information content (AvgIpc) is 2.37. The maximum atomic E-state index is 11.7. The lowest BCUT2D eigenvalue weighted by atomic mass is 10.1. The third-order valence-electron chi connectivity index (χ3n) is 2.94. The molecule has 5 nitrogen and oxygen atoms in total. The number of anilines is 2. The van der Waals surface area contributed by atoms with Crippen LogP contribution in [0.25, 0.3) is 0 Å². The van der Waals surface area contributed by atoms with Crippen molar-refractivity contribution in [2.45, 2.75) is 25.2 Å². The topological polar surface area (TPSA) is 84.2 Å². The first-order valence-corrected chi connectivity index (χ1v) is 7.46. The number of benzene rings is 1. The summed E-state index contributed by atoms with van der Waals surface area (Å²) in [6, 6.07) is 4.66. The molecule has 1 aromatic rings. The largest absolute Gasteiger partial charge is 0.397 e. The molecule has 0 fully saturated rings. The Bertz CT molecular complexity index is 500. The fraction of sp³-hybridized carbons (Fsp3) is 0.500. The minimum Gasteiger partial charge on any atom is -0.397 e. The van der Waals surface area contributed by atoms with Gasteiger partial charge in [0.25, 0.3) is 0 Å². The van der Waals surface area contributed by atoms with Gasteiger partial charge in [0.1, 0.15) is 0 Å². The molecular formula is C12H21N3O2S. The number of rotatable bonds is 6. The van der Waals surface area contributed by atoms with E-state index in [0.29, 0.717) is 17.3 Å². The molecule has 0 saturated heterocycles. The van der Waals surface area contributed by atoms with Gasteiger partial charge < -0.3 is 11.1 Å². The third-order valence-corrected chi connectivity index (χ3v) is 4.35. The second kappa shape index (κ2) is 6.06. The Morgan fingerprint density at radius 1 is 1.39 bits per heavy atom. The lowest BCUT2D eigenvalue weighted by Crippen LogP contribution is -2.19. The summed E-state index contributed by atoms with van der Waals surface area (Å²) >= 11 is 0. The van der Waals surface area contributed by atoms with Gasteiger partial charge >= 0.3 is 0 Å². The average molecular weight is 271 g/mol. The standard InChI is InChI=1S/C12H21N3O2S/c1-4-9(2)8-15-12-7-10(5-6-11(12)13)18(16,17)14-3/h5-7,9,14-15H,4,8,13H2,1-3H3. The molecule has 1 aromatic carbocycles. The molecule has 0 spiro atoms. The molecule has 0 aliphatic carbocycles. The van der Waals surface area contributed by atoms with Crippen molar-refractivity contribution < 1.29 is 8.42 Å². The number of nitrogens with one attached hydrogen (secondary N) is 2. The smallest absolute Gasteiger partial charge is 0.240 e. The Balaban J connectivity index is 2.95. The molecule has 6 heteroatoms. The van der Waals surface area contributed by atoms with Gasteiger partial charge in [-0.05, 0) is 31.2 Å². The van der Waals surface area contributed by atoms with Crippen LogP contribution in [0.3, 0.4) is 0 Å². The second-order valence-electron chi connectivity index (χ2n) is 4.35. The molecule has 0 bridgehead atoms. The summed E-state index contributed by atoms with van der Waals surface area (Å²) in [5.41, 5.74) is 7.03. The molecule has 0 radical (unpaired) electrons. The monoisotopic (exact) mass is 271 g/mol. The van der Waals surface area contributed by atoms with Crippen molar-refractivity contribution in [3.63, 3.8) is 0 Å². The van der Waals surface area contributed by atoms with Crippen molar-refractivity contribution in [3.05, 3.63) is 18.2 Å². The van der Waals surface area contributed by atoms with E-state index in [9.17, 15) is 8.42 Å². The lowest BCUT2D eigenvalue weighted by Gasteiger charge is -2.14. The van der Waals surface area contributed by atoms with E-state index in [1.807, 2.05) is 0 Å². The number of hydrogen-bond donors (Lipinski definition) is 3. The number of nitrogen functional groups attached to an aromatic ring is 1. The van der Waals surface area contributed by atoms with E-state index in [-0.39, 0.29) is 4.90 Å². The van der Waals surface area contributed by atoms with Crippen LogP contribution in [0, 0.1) is 5.92 Å². The van der Waals surface area contributed by atoms with Crippen LogP contribution in [0.1, 0.15) is 20.3 Å². The lowest BCUT2D eigenvalue weighted by molar-refractivity contribution is 0.588. The van der Waals surface area contributed by atoms with E-state index in [0.717, 1.165) is 13.0 Å². The van der Waals surface area contributed by atoms with E-state index < -0.39 is 10.0 Å². The molecule has 0 amide bonds. The first-order valence-electron chi connectivity index (χ1n) is 5.97. The number of nitrogens with two attached hydrogens (primary N) is 1. The zero-order valence-electron chi connectivity index (χ0n) is 11.0. The van der Waals surface area contributed by atoms with E-state index >= 15 is 0 Å². The van der Waals surface area contributed by atoms with Gasteiger partial charge in [-0.25, -0.2) is 13.1 Å². The quantitative estimate of drug-likeness (QED) is 0.687. The molecule has 1 rings (SSSR count). The Labute approximate surface area is 109 Å². The molecule has 102 valence electrons. The molecule has 18 heavy (non-hydrogen) atoms. The molecule has 1 atom stereocenters. The first kappa shape index (κ1) is 14.8. The van der Waals surface area contributed by atoms with E-state index in [1.54, 1.807) is 12.1 Å². The van der Waals surface area contributed by atoms with Crippen molar-refractivity contribution in [3.8, 4) is 0 Å². The van der Waals surface area contributed by atoms with Gasteiger partial charge in [-0.3, -0.25) is 0 Å². The molecule has 0 aliphatic heterocycles. The Morgan fingerprint density at radius 3 is 2.61 bits per heavy atom. The van der Waals surface area contributed by atoms with Crippen molar-refractivity contribution in [1.29, 1.82) is 0 Å². The fourth-order valence-corrected chi connectivity index (χ4v) is 2.16. The summed E-state index contributed by atoms with van der Waals surface area (Å²) in [6.07, 6.45) is 1.06. The molecule has 4 N–H and O–H groups in total. The SMILES string of the molecule is CCC(C)CNc1cc(S(=O)(=O)NC)ccc1N. The Morgan fingerprint density at radius 2 is 2.06 bits per heavy atom. The number of sulfonamides is 1. The predicted molar refractivity (Wildman–Crippen MR) is 75.0 cm³/mol. The van der Waals surface area contributed by atoms with E-state index in [1.165, 1.54) is 13.1 Å². The van der Waals surface area contributed by atoms with E-state index in [2.05, 4.69) is 23.9 Å². The van der Waals surface area contributed by atoms with Crippen LogP contribution in [0.4, 0.5) is 11.4 Å². The maximum Gasteiger partial charge on any atom is 0.240 e. The van der Waals surface area contributed by atoms with Crippen molar-refractivity contribution in [1.82, 2.24) is 4.72 Å². The molecule has 0 saturated carbocycles. The zero-order chi connectivity index (χ0) is 13.8. The molecule has 1 unspecified atom stereocenters. The minimum absolute atomic E-state index is 0.214. The fourth-order valence-electron chi connectivity index (χ4n) is 1.40. The highest BCUT2D eigenvalue weighted by atomic mass is 32.2. The molecular weight excluding hydrogens is 250 g/mol. The van der Waals surface area contributed by atoms with Gasteiger partial charge in [0.2, 0.25) is 10.0 Å². The Kier molecular flexibility index (Phi) is 4.98. The summed E-state index contributed by atoms with van der Waals surface area (Å²) in [4.78, 5) is 0.214. The summed E-state index contributed by atoms with van der Waals surface area (Å²) in [5.74, 6) is 0.508. The van der Waals surface area contributed by atoms with Crippen LogP contribution in [-0.4, -0.2) is 22.0 Å². The summed E-state index contributed by atoms with van der Waals surface area (Å²) in [6.45, 7) is 5.00. The van der Waals surface area contributed by atoms with Crippen LogP contribution in [0.2, 0.25) is 0 Å². The summed E-state index contributed by atoms with van der Waals surface area (Å²) in [5, 5.41) is 3.18. The highest BCUT2D eigenvalue weighted by molar-refractivity contribution is 7.89. The Hall–Kier alpha value is -1.27. The summed E-state index contributed by atoms with van der Waals surface area (Å²) < 4.78 is 25.6. The second-order valence-corrected chi connectivity index (χ2v) is 6.24. The third kappa shape index (κ3) is 3.61. The first-order chi connectivity index (χ1) is 8.40. The van der Waals surface area contributed by atoms with Gasteiger partial charge in [0.15, 0.2) is 0 Å². The van der Waals surface area contributed by atoms with Crippen LogP contribution in [-0.2, 0) is 10.0 Å². The van der Waals surface area contributed by atoms with E-state index in [4.69, 9.17) is 5.73 Å². The molecule has 0 aliphatic rings. The highest BCUT2D eigenvalue weighted by Gasteiger charge is 2.13. The van der Waals surface area contributed by atoms with Crippen molar-refractivity contribution in [2.75, 3.05) is 24.6 Å². The van der Waals surface area contributed by atoms with Gasteiger partial charge in [-0.15, -0.1) is 0 Å². The summed E-state index contributed by atoms with van der Waals surface area (Å²) in [7, 11) is -2.04. The van der Waals surface area contributed by atoms with Gasteiger partial charge in [0.05, 0.1) is 16.3 Å².